The van der Waals surface area contributed by atoms with Crippen molar-refractivity contribution in [3.05, 3.63) is 49.6 Å². The van der Waals surface area contributed by atoms with Gasteiger partial charge in [-0.15, -0.1) is 0 Å². The van der Waals surface area contributed by atoms with E-state index in [-0.39, 0.29) is 116 Å². The normalized spacial score (nSPS) is 16.8. The van der Waals surface area contributed by atoms with Crippen molar-refractivity contribution >= 4 is 77.5 Å². The van der Waals surface area contributed by atoms with Gasteiger partial charge in [0.1, 0.15) is 6.61 Å². The molecule has 0 radical (unpaired) electrons. The van der Waals surface area contributed by atoms with Gasteiger partial charge in [0, 0.05) is 63.8 Å². The van der Waals surface area contributed by atoms with E-state index in [4.69, 9.17) is 81.6 Å². The van der Waals surface area contributed by atoms with Crippen LogP contribution in [0.2, 0.25) is 0 Å². The molecule has 2 fully saturated rings. The summed E-state index contributed by atoms with van der Waals surface area (Å²) in [5.41, 5.74) is 14.8. The number of methoxy groups -OCH3 is 1. The average molecular weight is 1510 g/mol. The van der Waals surface area contributed by atoms with Crippen LogP contribution >= 0.6 is 0 Å². The predicted octanol–water partition coefficient (Wildman–Crippen LogP) is 5.75. The first-order chi connectivity index (χ1) is 36.4. The molecule has 80 heavy (non-hydrogen) atoms. The Morgan fingerprint density at radius 2 is 0.887 bits per heavy atom. The van der Waals surface area contributed by atoms with Crippen LogP contribution in [-0.2, 0) is 114 Å². The standard InChI is InChI=1S/C15H21NO6.C10H13NO4.2C7H13N.C3H6O3.C3H6O2.2C2H2O4.H2O2.2Pt/c1-11(2)10-21-15(20)22-14(19)6-4-3-5-9-16-12(17)7-8-13(16)18;12-8-5-6-9(13)11(8)7-3-1-2-4-10(14)15;2*1-6-4-2-3-5-7(6)8;1-6-2-3(4)5;1-2-3(4)5;2*3-1(4)2(5)6;1-2;;/h7-8,11H,3-6,9-10H2,1-2H3;5-6H,1-4,7H2,(H,14,15);2*6-8H,1-5H2;2H2,1H3,(H,4,5);2H2,1H3,(H,4,5);2*(H,3,4)(H,5,6);1-2H;;/q;;2*-2;;;;;;2*+2/t;;2*6-,7-;;;;;;;/m..11......./s1. The number of nitrogens with zero attached hydrogens (tertiary/aromatic N) is 2. The first kappa shape index (κ1) is 88.0. The number of aliphatic carboxylic acids is 7. The molecule has 464 valence electrons. The van der Waals surface area contributed by atoms with Gasteiger partial charge in [-0.3, -0.25) is 53.9 Å². The Morgan fingerprint density at radius 1 is 0.562 bits per heavy atom. The van der Waals surface area contributed by atoms with Gasteiger partial charge in [0.15, 0.2) is 0 Å². The number of nitrogens with one attached hydrogen (secondary N) is 2. The summed E-state index contributed by atoms with van der Waals surface area (Å²) in [5.74, 6) is -10.6. The number of hydrogen-bond donors (Lipinski definition) is 9. The van der Waals surface area contributed by atoms with Gasteiger partial charge >= 0.3 is 96.0 Å². The molecule has 4 aliphatic rings. The van der Waals surface area contributed by atoms with E-state index >= 15 is 0 Å². The maximum Gasteiger partial charge on any atom is 2.00 e. The monoisotopic (exact) mass is 1510 g/mol. The number of hydrogen-bond acceptors (Lipinski definition) is 18. The van der Waals surface area contributed by atoms with Gasteiger partial charge in [-0.1, -0.05) is 85.0 Å². The minimum Gasteiger partial charge on any atom is -0.677 e. The number of carboxylic acid groups (broad SMARTS) is 7. The molecule has 4 rings (SSSR count). The molecular formula is C49H78N4O25Pt2. The first-order valence-electron chi connectivity index (χ1n) is 24.2. The summed E-state index contributed by atoms with van der Waals surface area (Å²) in [6.07, 6.45) is 17.8. The summed E-state index contributed by atoms with van der Waals surface area (Å²) in [5, 5.41) is 65.5. The molecule has 2 saturated carbocycles. The van der Waals surface area contributed by atoms with Crippen molar-refractivity contribution in [2.24, 2.45) is 17.8 Å². The molecule has 0 bridgehead atoms. The smallest absolute Gasteiger partial charge is 0.677 e. The average Bonchev–Trinajstić information content (AvgIpc) is 3.87. The van der Waals surface area contributed by atoms with Gasteiger partial charge in [0.25, 0.3) is 23.6 Å². The minimum absolute atomic E-state index is 0. The van der Waals surface area contributed by atoms with Gasteiger partial charge in [-0.25, -0.2) is 28.8 Å². The third-order valence-corrected chi connectivity index (χ3v) is 9.82. The van der Waals surface area contributed by atoms with Gasteiger partial charge < -0.3 is 75.3 Å². The van der Waals surface area contributed by atoms with Crippen molar-refractivity contribution in [2.75, 3.05) is 33.4 Å². The van der Waals surface area contributed by atoms with Crippen LogP contribution < -0.4 is 0 Å². The summed E-state index contributed by atoms with van der Waals surface area (Å²) >= 11 is 0. The number of rotatable bonds is 17. The molecule has 2 aliphatic heterocycles. The fourth-order valence-corrected chi connectivity index (χ4v) is 5.69. The van der Waals surface area contributed by atoms with Crippen LogP contribution in [0.25, 0.3) is 11.5 Å². The summed E-state index contributed by atoms with van der Waals surface area (Å²) in [6, 6.07) is 0.285. The quantitative estimate of drug-likeness (QED) is 0.0122. The van der Waals surface area contributed by atoms with Crippen molar-refractivity contribution in [3.8, 4) is 0 Å². The van der Waals surface area contributed by atoms with Gasteiger partial charge in [-0.05, 0) is 31.6 Å². The third kappa shape index (κ3) is 56.9. The van der Waals surface area contributed by atoms with Crippen LogP contribution in [0.15, 0.2) is 24.3 Å². The molecule has 0 unspecified atom stereocenters. The van der Waals surface area contributed by atoms with Crippen LogP contribution in [0.4, 0.5) is 4.79 Å². The van der Waals surface area contributed by atoms with E-state index in [0.29, 0.717) is 63.5 Å². The zero-order chi connectivity index (χ0) is 61.3. The van der Waals surface area contributed by atoms with E-state index in [1.807, 2.05) is 13.8 Å². The maximum atomic E-state index is 11.4. The van der Waals surface area contributed by atoms with Crippen LogP contribution in [-0.4, -0.2) is 179 Å². The van der Waals surface area contributed by atoms with Gasteiger partial charge in [0.2, 0.25) is 0 Å². The summed E-state index contributed by atoms with van der Waals surface area (Å²) in [7, 11) is 1.34. The SMILES string of the molecule is CC(C)COC(=O)OC(=O)CCCCCN1C(=O)C=CC1=O.CCC(=O)O.COCC(=O)O.O=C(O)C(=O)O.O=C(O)C(=O)O.O=C(O)CCCCCN1C(=O)C=CC1=O.OO.[CH2-][C@@H]1CCCC[C@H]1[NH-].[CH2-][C@@H]1CCCC[C@H]1[NH-].[Pt+2].[Pt+2]. The Bertz CT molecular complexity index is 1800. The molecule has 29 nitrogen and oxygen atoms in total. The Morgan fingerprint density at radius 3 is 1.11 bits per heavy atom. The van der Waals surface area contributed by atoms with E-state index < -0.39 is 53.9 Å². The van der Waals surface area contributed by atoms with E-state index in [2.05, 4.69) is 23.3 Å². The van der Waals surface area contributed by atoms with Crippen molar-refractivity contribution in [1.82, 2.24) is 9.80 Å². The molecule has 31 heteroatoms. The summed E-state index contributed by atoms with van der Waals surface area (Å²) in [4.78, 5) is 135. The molecular weight excluding hydrogens is 1430 g/mol. The molecule has 4 atom stereocenters. The zero-order valence-corrected chi connectivity index (χ0v) is 49.6. The second-order valence-corrected chi connectivity index (χ2v) is 16.9. The molecule has 11 N–H and O–H groups in total. The van der Waals surface area contributed by atoms with Crippen molar-refractivity contribution < 1.29 is 165 Å². The number of imide groups is 2. The molecule has 0 aromatic carbocycles. The Labute approximate surface area is 492 Å². The van der Waals surface area contributed by atoms with Crippen molar-refractivity contribution in [2.45, 2.75) is 142 Å². The molecule has 0 aromatic rings. The van der Waals surface area contributed by atoms with E-state index in [9.17, 15) is 43.2 Å². The Hall–Kier alpha value is -5.83. The summed E-state index contributed by atoms with van der Waals surface area (Å²) < 4.78 is 13.4. The number of carbonyl (C=O) groups is 13. The second-order valence-electron chi connectivity index (χ2n) is 16.9. The topological polar surface area (TPSA) is 486 Å². The van der Waals surface area contributed by atoms with Gasteiger partial charge in [0.05, 0.1) is 6.61 Å². The maximum absolute atomic E-state index is 11.4. The third-order valence-electron chi connectivity index (χ3n) is 9.82. The number of unbranched alkanes of at least 4 members (excludes halogenated alkanes) is 4. The number of carboxylic acids is 7. The van der Waals surface area contributed by atoms with Crippen LogP contribution in [0.1, 0.15) is 130 Å². The second kappa shape index (κ2) is 56.4. The van der Waals surface area contributed by atoms with E-state index in [1.165, 1.54) is 74.8 Å². The Kier molecular flexibility index (Phi) is 62.1. The van der Waals surface area contributed by atoms with Gasteiger partial charge in [-0.2, -0.15) is 23.9 Å². The Balaban J connectivity index is -0.000000161. The molecule has 0 spiro atoms. The summed E-state index contributed by atoms with van der Waals surface area (Å²) in [6.45, 7) is 13.8. The fourth-order valence-electron chi connectivity index (χ4n) is 5.69. The first-order valence-corrected chi connectivity index (χ1v) is 24.2. The van der Waals surface area contributed by atoms with E-state index in [1.54, 1.807) is 6.92 Å². The molecule has 2 aliphatic carbocycles. The fraction of sp³-hybridized carbons (Fsp3) is 0.612. The van der Waals surface area contributed by atoms with Crippen LogP contribution in [0.3, 0.4) is 0 Å². The number of carbonyl (C=O) groups excluding carboxylic acids is 6. The minimum atomic E-state index is -1.82. The van der Waals surface area contributed by atoms with Crippen LogP contribution in [0, 0.1) is 31.6 Å². The van der Waals surface area contributed by atoms with Crippen molar-refractivity contribution in [3.63, 3.8) is 0 Å². The number of amides is 4. The molecule has 2 heterocycles. The zero-order valence-electron chi connectivity index (χ0n) is 45.0. The number of esters is 1. The van der Waals surface area contributed by atoms with E-state index in [0.717, 1.165) is 17.7 Å². The molecule has 0 aromatic heterocycles. The van der Waals surface area contributed by atoms with Crippen LogP contribution in [0.5, 0.6) is 0 Å². The largest absolute Gasteiger partial charge is 2.00 e. The predicted molar refractivity (Wildman–Crippen MR) is 273 cm³/mol. The molecule has 4 amide bonds. The number of ether oxygens (including phenoxy) is 3. The van der Waals surface area contributed by atoms with Crippen molar-refractivity contribution in [1.29, 1.82) is 0 Å². The molecule has 0 saturated heterocycles.